The number of benzene rings is 8. The van der Waals surface area contributed by atoms with Gasteiger partial charge < -0.3 is 0 Å². The monoisotopic (exact) mass is 610 g/mol. The lowest BCUT2D eigenvalue weighted by Crippen LogP contribution is -1.88. The molecule has 0 spiro atoms. The molecule has 8 rings (SSSR count). The van der Waals surface area contributed by atoms with E-state index in [4.69, 9.17) is 0 Å². The Hall–Kier alpha value is -6.24. The molecule has 0 amide bonds. The predicted molar refractivity (Wildman–Crippen MR) is 210 cm³/mol. The van der Waals surface area contributed by atoms with Crippen molar-refractivity contribution in [1.29, 1.82) is 0 Å². The Morgan fingerprint density at radius 2 is 0.583 bits per heavy atom. The maximum Gasteiger partial charge on any atom is -0.0105 e. The third-order valence-electron chi connectivity index (χ3n) is 8.97. The van der Waals surface area contributed by atoms with Gasteiger partial charge in [-0.2, -0.15) is 0 Å². The van der Waals surface area contributed by atoms with Gasteiger partial charge in [-0.05, 0) is 113 Å². The molecule has 0 heteroatoms. The largest absolute Gasteiger partial charge is 0.0622 e. The quantitative estimate of drug-likeness (QED) is 0.158. The zero-order valence-electron chi connectivity index (χ0n) is 26.6. The minimum Gasteiger partial charge on any atom is -0.0622 e. The predicted octanol–water partition coefficient (Wildman–Crippen LogP) is 13.1. The molecule has 0 N–H and O–H groups in total. The van der Waals surface area contributed by atoms with Crippen LogP contribution in [-0.2, 0) is 0 Å². The van der Waals surface area contributed by atoms with Crippen molar-refractivity contribution in [2.45, 2.75) is 0 Å². The first-order chi connectivity index (χ1) is 23.7. The highest BCUT2D eigenvalue weighted by Gasteiger charge is 2.06. The lowest BCUT2D eigenvalue weighted by molar-refractivity contribution is 1.55. The molecule has 0 bridgehead atoms. The molecule has 0 fully saturated rings. The van der Waals surface area contributed by atoms with E-state index in [0.29, 0.717) is 0 Å². The van der Waals surface area contributed by atoms with E-state index in [1.54, 1.807) is 0 Å². The van der Waals surface area contributed by atoms with E-state index in [1.165, 1.54) is 76.8 Å². The van der Waals surface area contributed by atoms with Crippen LogP contribution in [0.15, 0.2) is 176 Å². The first-order valence-corrected chi connectivity index (χ1v) is 16.5. The first-order valence-electron chi connectivity index (χ1n) is 16.5. The van der Waals surface area contributed by atoms with Crippen LogP contribution in [-0.4, -0.2) is 0 Å². The third kappa shape index (κ3) is 6.51. The van der Waals surface area contributed by atoms with Crippen molar-refractivity contribution in [3.63, 3.8) is 0 Å². The van der Waals surface area contributed by atoms with Crippen LogP contribution in [0.1, 0.15) is 38.9 Å². The van der Waals surface area contributed by atoms with Crippen LogP contribution in [0.25, 0.3) is 68.3 Å². The number of hydrogen-bond acceptors (Lipinski definition) is 0. The molecule has 48 heavy (non-hydrogen) atoms. The summed E-state index contributed by atoms with van der Waals surface area (Å²) in [7, 11) is 0. The normalized spacial score (nSPS) is 11.6. The Balaban J connectivity index is 0.998. The van der Waals surface area contributed by atoms with E-state index >= 15 is 0 Å². The molecule has 0 saturated carbocycles. The SMILES string of the molecule is C(=Cc1ccc2cc(C=Cc3ccc4cc(C=C(c5ccccc5)c5ccccc5)ccc4c3)ccc2c1)c1ccc2ccccc2c1. The lowest BCUT2D eigenvalue weighted by Gasteiger charge is -2.10. The van der Waals surface area contributed by atoms with Crippen LogP contribution in [0.2, 0.25) is 0 Å². The molecule has 0 heterocycles. The Morgan fingerprint density at radius 3 is 1.02 bits per heavy atom. The average Bonchev–Trinajstić information content (AvgIpc) is 3.15. The minimum absolute atomic E-state index is 1.19. The molecule has 0 unspecified atom stereocenters. The summed E-state index contributed by atoms with van der Waals surface area (Å²) in [5.74, 6) is 0. The van der Waals surface area contributed by atoms with Gasteiger partial charge in [-0.3, -0.25) is 0 Å². The summed E-state index contributed by atoms with van der Waals surface area (Å²) in [5, 5.41) is 7.48. The molecule has 8 aromatic rings. The maximum atomic E-state index is 2.29. The van der Waals surface area contributed by atoms with Crippen molar-refractivity contribution in [2.75, 3.05) is 0 Å². The van der Waals surface area contributed by atoms with Gasteiger partial charge in [-0.1, -0.05) is 170 Å². The molecule has 0 aromatic heterocycles. The van der Waals surface area contributed by atoms with Gasteiger partial charge in [0.25, 0.3) is 0 Å². The topological polar surface area (TPSA) is 0 Å². The van der Waals surface area contributed by atoms with Crippen LogP contribution >= 0.6 is 0 Å². The fourth-order valence-corrected chi connectivity index (χ4v) is 6.40. The van der Waals surface area contributed by atoms with Crippen molar-refractivity contribution in [3.8, 4) is 0 Å². The zero-order chi connectivity index (χ0) is 32.1. The van der Waals surface area contributed by atoms with Crippen LogP contribution in [0, 0.1) is 0 Å². The molecule has 0 atom stereocenters. The molecule has 0 saturated heterocycles. The Kier molecular flexibility index (Phi) is 8.05. The van der Waals surface area contributed by atoms with E-state index in [0.717, 1.165) is 0 Å². The van der Waals surface area contributed by atoms with Gasteiger partial charge in [-0.25, -0.2) is 0 Å². The summed E-state index contributed by atoms with van der Waals surface area (Å²) < 4.78 is 0. The zero-order valence-corrected chi connectivity index (χ0v) is 26.6. The summed E-state index contributed by atoms with van der Waals surface area (Å²) in [6.07, 6.45) is 11.1. The fraction of sp³-hybridized carbons (Fsp3) is 0. The van der Waals surface area contributed by atoms with Gasteiger partial charge in [0.05, 0.1) is 0 Å². The summed E-state index contributed by atoms with van der Waals surface area (Å²) in [5.41, 5.74) is 9.63. The molecular formula is C48H34. The van der Waals surface area contributed by atoms with E-state index < -0.39 is 0 Å². The van der Waals surface area contributed by atoms with Crippen LogP contribution in [0.4, 0.5) is 0 Å². The number of fused-ring (bicyclic) bond motifs is 3. The van der Waals surface area contributed by atoms with E-state index in [-0.39, 0.29) is 0 Å². The lowest BCUT2D eigenvalue weighted by atomic mass is 9.95. The highest BCUT2D eigenvalue weighted by molar-refractivity contribution is 5.95. The van der Waals surface area contributed by atoms with Crippen LogP contribution in [0.3, 0.4) is 0 Å². The minimum atomic E-state index is 1.19. The second-order valence-corrected chi connectivity index (χ2v) is 12.3. The van der Waals surface area contributed by atoms with Gasteiger partial charge in [-0.15, -0.1) is 0 Å². The van der Waals surface area contributed by atoms with Crippen molar-refractivity contribution in [3.05, 3.63) is 215 Å². The van der Waals surface area contributed by atoms with Crippen molar-refractivity contribution < 1.29 is 0 Å². The number of rotatable bonds is 7. The Morgan fingerprint density at radius 1 is 0.271 bits per heavy atom. The molecule has 0 nitrogen and oxygen atoms in total. The summed E-state index contributed by atoms with van der Waals surface area (Å²) in [6.45, 7) is 0. The molecular weight excluding hydrogens is 577 g/mol. The van der Waals surface area contributed by atoms with Gasteiger partial charge in [0, 0.05) is 0 Å². The van der Waals surface area contributed by atoms with Gasteiger partial charge >= 0.3 is 0 Å². The van der Waals surface area contributed by atoms with Crippen molar-refractivity contribution >= 4 is 68.3 Å². The van der Waals surface area contributed by atoms with E-state index in [2.05, 4.69) is 206 Å². The van der Waals surface area contributed by atoms with Crippen LogP contribution < -0.4 is 0 Å². The van der Waals surface area contributed by atoms with Gasteiger partial charge in [0.2, 0.25) is 0 Å². The second kappa shape index (κ2) is 13.2. The molecule has 0 aliphatic rings. The fourth-order valence-electron chi connectivity index (χ4n) is 6.40. The average molecular weight is 611 g/mol. The summed E-state index contributed by atoms with van der Waals surface area (Å²) in [4.78, 5) is 0. The third-order valence-corrected chi connectivity index (χ3v) is 8.97. The number of hydrogen-bond donors (Lipinski definition) is 0. The first kappa shape index (κ1) is 29.2. The molecule has 0 radical (unpaired) electrons. The van der Waals surface area contributed by atoms with Crippen molar-refractivity contribution in [1.82, 2.24) is 0 Å². The Bertz CT molecular complexity index is 2440. The standard InChI is InChI=1S/C48H34/c1-3-10-41(11-4-1)48(42-12-5-2-6-13-42)34-39-23-28-46-32-38(22-27-47(46)33-39)18-17-37-21-26-44-30-36(20-25-45(44)31-37)16-15-35-19-24-40-9-7-8-14-43(40)29-35/h1-34H. The van der Waals surface area contributed by atoms with Gasteiger partial charge in [0.15, 0.2) is 0 Å². The molecule has 0 aliphatic carbocycles. The smallest absolute Gasteiger partial charge is 0.0105 e. The summed E-state index contributed by atoms with van der Waals surface area (Å²) in [6, 6.07) is 63.1. The highest BCUT2D eigenvalue weighted by atomic mass is 14.1. The van der Waals surface area contributed by atoms with Crippen molar-refractivity contribution in [2.24, 2.45) is 0 Å². The highest BCUT2D eigenvalue weighted by Crippen LogP contribution is 2.28. The molecule has 0 aliphatic heterocycles. The summed E-state index contributed by atoms with van der Waals surface area (Å²) >= 11 is 0. The van der Waals surface area contributed by atoms with Crippen LogP contribution in [0.5, 0.6) is 0 Å². The Labute approximate surface area is 282 Å². The second-order valence-electron chi connectivity index (χ2n) is 12.3. The molecule has 226 valence electrons. The maximum absolute atomic E-state index is 2.29. The van der Waals surface area contributed by atoms with E-state index in [9.17, 15) is 0 Å². The van der Waals surface area contributed by atoms with E-state index in [1.807, 2.05) is 0 Å². The van der Waals surface area contributed by atoms with Gasteiger partial charge in [0.1, 0.15) is 0 Å². The molecule has 8 aromatic carbocycles.